The second-order valence-corrected chi connectivity index (χ2v) is 16.0. The molecule has 0 heterocycles. The molecular formula is C41H44Cl4Zr-2. The van der Waals surface area contributed by atoms with Gasteiger partial charge in [0.15, 0.2) is 0 Å². The van der Waals surface area contributed by atoms with Crippen LogP contribution in [0.5, 0.6) is 0 Å². The van der Waals surface area contributed by atoms with Crippen molar-refractivity contribution in [3.05, 3.63) is 140 Å². The standard InChI is InChI=1S/C23H29.C13H8Cl2.C5H7.2ClH.Zr/c1-14-9-16-11-17-10-15(2)21(23(6,7)8)13-19(17)18(16)12-20(14)22(3,4)5;14-12-5-1-10(2-6-12)9-11-3-7-13(15)8-4-11;1-2-4-5-3-1;;;/h9,12-13H,11H2,1-8H3;1-8H;1H,2,4-5H2;2*1H;/q-1;;-1;;;+2/p-2. The van der Waals surface area contributed by atoms with E-state index in [4.69, 9.17) is 23.2 Å². The number of fused-ring (bicyclic) bond motifs is 3. The zero-order chi connectivity index (χ0) is 32.2. The number of hydrogen-bond acceptors (Lipinski definition) is 0. The van der Waals surface area contributed by atoms with E-state index in [2.05, 4.69) is 91.8 Å². The van der Waals surface area contributed by atoms with Crippen LogP contribution in [0.15, 0.2) is 72.8 Å². The average molecular weight is 770 g/mol. The third-order valence-electron chi connectivity index (χ3n) is 8.16. The summed E-state index contributed by atoms with van der Waals surface area (Å²) in [6, 6.07) is 26.8. The molecule has 2 aliphatic carbocycles. The number of allylic oxidation sites excluding steroid dienone is 2. The Morgan fingerprint density at radius 1 is 0.717 bits per heavy atom. The fraction of sp³-hybridized carbons (Fsp3) is 0.341. The molecule has 0 saturated carbocycles. The quantitative estimate of drug-likeness (QED) is 0.196. The van der Waals surface area contributed by atoms with E-state index in [0.717, 1.165) is 16.5 Å². The third-order valence-corrected chi connectivity index (χ3v) is 10.1. The van der Waals surface area contributed by atoms with Gasteiger partial charge in [0.25, 0.3) is 0 Å². The minimum Gasteiger partial charge on any atom is -1.00 e. The smallest absolute Gasteiger partial charge is 0.0694 e. The normalized spacial score (nSPS) is 12.8. The molecule has 6 rings (SSSR count). The van der Waals surface area contributed by atoms with Gasteiger partial charge in [-0.3, -0.25) is 6.08 Å². The molecule has 0 N–H and O–H groups in total. The van der Waals surface area contributed by atoms with Crippen molar-refractivity contribution in [2.24, 2.45) is 0 Å². The number of halogens is 4. The molecule has 0 amide bonds. The molecule has 4 aromatic carbocycles. The van der Waals surface area contributed by atoms with Gasteiger partial charge in [-0.15, -0.1) is 16.7 Å². The zero-order valence-corrected chi connectivity index (χ0v) is 33.8. The zero-order valence-electron chi connectivity index (χ0n) is 28.3. The van der Waals surface area contributed by atoms with Gasteiger partial charge in [-0.05, 0) is 35.4 Å². The van der Waals surface area contributed by atoms with Crippen LogP contribution in [0.2, 0.25) is 10.0 Å². The molecule has 0 aromatic heterocycles. The van der Waals surface area contributed by atoms with Gasteiger partial charge in [0.1, 0.15) is 0 Å². The summed E-state index contributed by atoms with van der Waals surface area (Å²) in [7, 11) is 0. The first-order valence-electron chi connectivity index (χ1n) is 15.5. The van der Waals surface area contributed by atoms with E-state index in [1.54, 1.807) is 0 Å². The monoisotopic (exact) mass is 766 g/mol. The SMILES string of the molecule is Cc1[c-]c2c(cc1C(C)(C)C)-c1cc(C(C)(C)C)c(C)cc1C2.Clc1ccc([C](=[Zr+2])c2ccc(Cl)cc2)cc1.[C-]1=CCCC1.[Cl-].[Cl-]. The molecule has 46 heavy (non-hydrogen) atoms. The Bertz CT molecular complexity index is 1530. The Hall–Kier alpha value is -1.47. The van der Waals surface area contributed by atoms with Gasteiger partial charge in [-0.1, -0.05) is 84.4 Å². The van der Waals surface area contributed by atoms with Gasteiger partial charge in [0, 0.05) is 0 Å². The fourth-order valence-corrected chi connectivity index (χ4v) is 7.00. The number of hydrogen-bond donors (Lipinski definition) is 0. The predicted molar refractivity (Wildman–Crippen MR) is 188 cm³/mol. The summed E-state index contributed by atoms with van der Waals surface area (Å²) >= 11 is 13.1. The molecule has 0 unspecified atom stereocenters. The van der Waals surface area contributed by atoms with Gasteiger partial charge < -0.3 is 30.9 Å². The second-order valence-electron chi connectivity index (χ2n) is 13.9. The van der Waals surface area contributed by atoms with Crippen LogP contribution in [-0.4, -0.2) is 3.21 Å². The molecule has 5 heteroatoms. The van der Waals surface area contributed by atoms with Gasteiger partial charge in [-0.2, -0.15) is 24.1 Å². The number of benzene rings is 4. The first kappa shape index (κ1) is 40.7. The molecule has 0 nitrogen and oxygen atoms in total. The first-order valence-corrected chi connectivity index (χ1v) is 17.5. The summed E-state index contributed by atoms with van der Waals surface area (Å²) in [4.78, 5) is 0. The van der Waals surface area contributed by atoms with Crippen molar-refractivity contribution in [2.75, 3.05) is 0 Å². The second kappa shape index (κ2) is 17.3. The van der Waals surface area contributed by atoms with Gasteiger partial charge in [0.2, 0.25) is 0 Å². The maximum Gasteiger partial charge on any atom is -0.0694 e. The molecule has 0 fully saturated rings. The van der Waals surface area contributed by atoms with Crippen LogP contribution in [0.4, 0.5) is 0 Å². The Labute approximate surface area is 315 Å². The molecule has 0 aliphatic heterocycles. The van der Waals surface area contributed by atoms with Crippen LogP contribution in [0.3, 0.4) is 0 Å². The molecule has 0 spiro atoms. The van der Waals surface area contributed by atoms with E-state index >= 15 is 0 Å². The van der Waals surface area contributed by atoms with E-state index in [1.807, 2.05) is 48.5 Å². The third kappa shape index (κ3) is 10.5. The molecule has 4 aromatic rings. The van der Waals surface area contributed by atoms with Crippen molar-refractivity contribution in [3.63, 3.8) is 0 Å². The fourth-order valence-electron chi connectivity index (χ4n) is 5.93. The maximum absolute atomic E-state index is 5.86. The topological polar surface area (TPSA) is 0 Å². The van der Waals surface area contributed by atoms with Crippen molar-refractivity contribution in [1.82, 2.24) is 0 Å². The largest absolute Gasteiger partial charge is 1.00 e. The Kier molecular flexibility index (Phi) is 15.3. The van der Waals surface area contributed by atoms with Crippen molar-refractivity contribution >= 4 is 26.4 Å². The van der Waals surface area contributed by atoms with Crippen molar-refractivity contribution in [1.29, 1.82) is 0 Å². The summed E-state index contributed by atoms with van der Waals surface area (Å²) < 4.78 is 1.31. The molecule has 0 saturated heterocycles. The van der Waals surface area contributed by atoms with Crippen LogP contribution < -0.4 is 24.8 Å². The Balaban J connectivity index is 0.000000278. The number of rotatable bonds is 2. The summed E-state index contributed by atoms with van der Waals surface area (Å²) in [5.41, 5.74) is 14.0. The van der Waals surface area contributed by atoms with Crippen molar-refractivity contribution in [3.8, 4) is 11.1 Å². The van der Waals surface area contributed by atoms with Gasteiger partial charge in [-0.25, -0.2) is 0 Å². The molecule has 0 atom stereocenters. The Morgan fingerprint density at radius 3 is 1.63 bits per heavy atom. The van der Waals surface area contributed by atoms with E-state index < -0.39 is 0 Å². The van der Waals surface area contributed by atoms with E-state index in [-0.39, 0.29) is 35.6 Å². The van der Waals surface area contributed by atoms with Crippen molar-refractivity contribution in [2.45, 2.75) is 91.9 Å². The first-order chi connectivity index (χ1) is 20.6. The minimum absolute atomic E-state index is 0. The van der Waals surface area contributed by atoms with Gasteiger partial charge >= 0.3 is 120 Å². The summed E-state index contributed by atoms with van der Waals surface area (Å²) in [6.07, 6.45) is 10.0. The van der Waals surface area contributed by atoms with Crippen LogP contribution in [0, 0.1) is 26.0 Å². The molecule has 2 aliphatic rings. The molecule has 0 bridgehead atoms. The van der Waals surface area contributed by atoms with E-state index in [9.17, 15) is 0 Å². The van der Waals surface area contributed by atoms with Crippen LogP contribution in [0.25, 0.3) is 11.1 Å². The summed E-state index contributed by atoms with van der Waals surface area (Å²) in [6.45, 7) is 18.2. The summed E-state index contributed by atoms with van der Waals surface area (Å²) in [5, 5.41) is 1.53. The minimum atomic E-state index is 0. The van der Waals surface area contributed by atoms with Crippen LogP contribution >= 0.6 is 23.2 Å². The van der Waals surface area contributed by atoms with E-state index in [0.29, 0.717) is 0 Å². The van der Waals surface area contributed by atoms with Crippen LogP contribution in [-0.2, 0) is 41.5 Å². The van der Waals surface area contributed by atoms with E-state index in [1.165, 1.54) is 102 Å². The molecular weight excluding hydrogens is 725 g/mol. The molecule has 0 radical (unpaired) electrons. The average Bonchev–Trinajstić information content (AvgIpc) is 3.63. The number of aryl methyl sites for hydroxylation is 2. The van der Waals surface area contributed by atoms with Gasteiger partial charge in [0.05, 0.1) is 0 Å². The molecule has 242 valence electrons. The Morgan fingerprint density at radius 2 is 1.22 bits per heavy atom. The van der Waals surface area contributed by atoms with Crippen molar-refractivity contribution < 1.29 is 49.0 Å². The maximum atomic E-state index is 5.86. The van der Waals surface area contributed by atoms with Crippen LogP contribution in [0.1, 0.15) is 105 Å². The summed E-state index contributed by atoms with van der Waals surface area (Å²) in [5.74, 6) is 0. The predicted octanol–water partition coefficient (Wildman–Crippen LogP) is 5.92.